The fraction of sp³-hybridized carbons (Fsp3) is 0.667. The van der Waals surface area contributed by atoms with E-state index in [4.69, 9.17) is 5.73 Å². The molecule has 0 saturated carbocycles. The quantitative estimate of drug-likeness (QED) is 0.588. The van der Waals surface area contributed by atoms with E-state index in [1.165, 1.54) is 0 Å². The molecule has 3 N–H and O–H groups in total. The molecule has 68 valence electrons. The van der Waals surface area contributed by atoms with E-state index < -0.39 is 0 Å². The number of hydrogen-bond donors (Lipinski definition) is 2. The van der Waals surface area contributed by atoms with Crippen LogP contribution in [0.1, 0.15) is 20.8 Å². The summed E-state index contributed by atoms with van der Waals surface area (Å²) in [5.41, 5.74) is 5.70. The molecule has 3 heteroatoms. The van der Waals surface area contributed by atoms with E-state index in [9.17, 15) is 4.79 Å². The summed E-state index contributed by atoms with van der Waals surface area (Å²) in [6, 6.07) is 0.00704. The zero-order valence-corrected chi connectivity index (χ0v) is 7.85. The van der Waals surface area contributed by atoms with E-state index >= 15 is 0 Å². The summed E-state index contributed by atoms with van der Waals surface area (Å²) < 4.78 is 0. The zero-order valence-electron chi connectivity index (χ0n) is 7.85. The van der Waals surface area contributed by atoms with Crippen LogP contribution >= 0.6 is 0 Å². The van der Waals surface area contributed by atoms with Gasteiger partial charge in [-0.1, -0.05) is 19.8 Å². The second-order valence-electron chi connectivity index (χ2n) is 2.99. The van der Waals surface area contributed by atoms with Gasteiger partial charge in [-0.15, -0.1) is 0 Å². The average Bonchev–Trinajstić information content (AvgIpc) is 2.00. The summed E-state index contributed by atoms with van der Waals surface area (Å²) in [5, 5.41) is 2.63. The first kappa shape index (κ1) is 11.0. The summed E-state index contributed by atoms with van der Waals surface area (Å²) in [4.78, 5) is 10.8. The van der Waals surface area contributed by atoms with Gasteiger partial charge in [0.05, 0.1) is 0 Å². The summed E-state index contributed by atoms with van der Waals surface area (Å²) in [6.07, 6.45) is 0. The lowest BCUT2D eigenvalue weighted by atomic mass is 10.1. The van der Waals surface area contributed by atoms with E-state index in [2.05, 4.69) is 17.2 Å². The molecule has 1 amide bonds. The van der Waals surface area contributed by atoms with Gasteiger partial charge in [-0.3, -0.25) is 4.79 Å². The lowest BCUT2D eigenvalue weighted by Crippen LogP contribution is -2.39. The Kier molecular flexibility index (Phi) is 5.14. The Morgan fingerprint density at radius 1 is 1.58 bits per heavy atom. The van der Waals surface area contributed by atoms with E-state index in [-0.39, 0.29) is 11.9 Å². The molecule has 0 bridgehead atoms. The second-order valence-corrected chi connectivity index (χ2v) is 2.99. The van der Waals surface area contributed by atoms with Gasteiger partial charge in [0.2, 0.25) is 0 Å². The van der Waals surface area contributed by atoms with Crippen molar-refractivity contribution in [1.29, 1.82) is 0 Å². The van der Waals surface area contributed by atoms with Gasteiger partial charge in [0, 0.05) is 12.6 Å². The molecule has 0 rings (SSSR count). The molecule has 12 heavy (non-hydrogen) atoms. The topological polar surface area (TPSA) is 55.1 Å². The van der Waals surface area contributed by atoms with Crippen LogP contribution in [0.2, 0.25) is 0 Å². The van der Waals surface area contributed by atoms with Crippen LogP contribution in [0.25, 0.3) is 0 Å². The molecular formula is C9H16N2O. The summed E-state index contributed by atoms with van der Waals surface area (Å²) in [5.74, 6) is 5.02. The molecule has 0 heterocycles. The molecule has 0 aliphatic carbocycles. The van der Waals surface area contributed by atoms with Crippen LogP contribution in [0, 0.1) is 17.8 Å². The van der Waals surface area contributed by atoms with Crippen molar-refractivity contribution in [2.45, 2.75) is 26.8 Å². The Morgan fingerprint density at radius 3 is 2.58 bits per heavy atom. The summed E-state index contributed by atoms with van der Waals surface area (Å²) >= 11 is 0. The maximum atomic E-state index is 10.8. The van der Waals surface area contributed by atoms with Crippen LogP contribution in [0.5, 0.6) is 0 Å². The predicted octanol–water partition coefficient (Wildman–Crippen LogP) is 0.109. The number of hydrogen-bond acceptors (Lipinski definition) is 2. The Balaban J connectivity index is 3.66. The Labute approximate surface area is 73.7 Å². The molecule has 0 radical (unpaired) electrons. The lowest BCUT2D eigenvalue weighted by molar-refractivity contribution is -0.115. The van der Waals surface area contributed by atoms with Gasteiger partial charge in [0.15, 0.2) is 0 Å². The molecule has 0 spiro atoms. The number of rotatable bonds is 3. The summed E-state index contributed by atoms with van der Waals surface area (Å²) in [6.45, 7) is 6.15. The standard InChI is InChI=1S/C9H16N2O/c1-4-5-9(12)11-6-8(10)7(2)3/h7-8H,6,10H2,1-3H3,(H,11,12). The van der Waals surface area contributed by atoms with Crippen molar-refractivity contribution in [2.75, 3.05) is 6.54 Å². The van der Waals surface area contributed by atoms with Crippen LogP contribution in [-0.2, 0) is 4.79 Å². The zero-order chi connectivity index (χ0) is 9.56. The molecule has 0 fully saturated rings. The SMILES string of the molecule is CC#CC(=O)NCC(N)C(C)C. The highest BCUT2D eigenvalue weighted by molar-refractivity contribution is 5.93. The number of nitrogens with one attached hydrogen (secondary N) is 1. The maximum absolute atomic E-state index is 10.8. The first-order valence-electron chi connectivity index (χ1n) is 4.04. The third-order valence-electron chi connectivity index (χ3n) is 1.59. The average molecular weight is 168 g/mol. The Hall–Kier alpha value is -1.01. The number of amides is 1. The largest absolute Gasteiger partial charge is 0.344 e. The monoisotopic (exact) mass is 168 g/mol. The van der Waals surface area contributed by atoms with Crippen LogP contribution in [0.4, 0.5) is 0 Å². The van der Waals surface area contributed by atoms with E-state index in [0.29, 0.717) is 12.5 Å². The van der Waals surface area contributed by atoms with Crippen molar-refractivity contribution < 1.29 is 4.79 Å². The minimum Gasteiger partial charge on any atom is -0.344 e. The third kappa shape index (κ3) is 4.75. The number of carbonyl (C=O) groups is 1. The van der Waals surface area contributed by atoms with Crippen molar-refractivity contribution in [3.05, 3.63) is 0 Å². The normalized spacial score (nSPS) is 11.8. The molecule has 3 nitrogen and oxygen atoms in total. The predicted molar refractivity (Wildman–Crippen MR) is 49.3 cm³/mol. The van der Waals surface area contributed by atoms with Gasteiger partial charge in [-0.05, 0) is 18.8 Å². The molecule has 1 atom stereocenters. The van der Waals surface area contributed by atoms with Crippen molar-refractivity contribution >= 4 is 5.91 Å². The van der Waals surface area contributed by atoms with Gasteiger partial charge in [0.1, 0.15) is 0 Å². The molecular weight excluding hydrogens is 152 g/mol. The fourth-order valence-corrected chi connectivity index (χ4v) is 0.604. The number of carbonyl (C=O) groups excluding carboxylic acids is 1. The van der Waals surface area contributed by atoms with Crippen LogP contribution < -0.4 is 11.1 Å². The molecule has 1 unspecified atom stereocenters. The first-order chi connectivity index (χ1) is 5.57. The van der Waals surface area contributed by atoms with Gasteiger partial charge in [-0.2, -0.15) is 0 Å². The third-order valence-corrected chi connectivity index (χ3v) is 1.59. The molecule has 0 aliphatic heterocycles. The van der Waals surface area contributed by atoms with Crippen molar-refractivity contribution in [2.24, 2.45) is 11.7 Å². The Bertz CT molecular complexity index is 200. The highest BCUT2D eigenvalue weighted by Gasteiger charge is 2.07. The first-order valence-corrected chi connectivity index (χ1v) is 4.04. The highest BCUT2D eigenvalue weighted by atomic mass is 16.1. The van der Waals surface area contributed by atoms with Gasteiger partial charge >= 0.3 is 0 Å². The second kappa shape index (κ2) is 5.62. The Morgan fingerprint density at radius 2 is 2.17 bits per heavy atom. The van der Waals surface area contributed by atoms with Crippen molar-refractivity contribution in [1.82, 2.24) is 5.32 Å². The maximum Gasteiger partial charge on any atom is 0.295 e. The van der Waals surface area contributed by atoms with E-state index in [1.54, 1.807) is 6.92 Å². The minimum absolute atomic E-state index is 0.00704. The van der Waals surface area contributed by atoms with Gasteiger partial charge in [0.25, 0.3) is 5.91 Å². The molecule has 0 aromatic carbocycles. The van der Waals surface area contributed by atoms with E-state index in [1.807, 2.05) is 13.8 Å². The molecule has 0 aromatic rings. The van der Waals surface area contributed by atoms with E-state index in [0.717, 1.165) is 0 Å². The number of nitrogens with two attached hydrogens (primary N) is 1. The summed E-state index contributed by atoms with van der Waals surface area (Å²) in [7, 11) is 0. The lowest BCUT2D eigenvalue weighted by Gasteiger charge is -2.14. The fourth-order valence-electron chi connectivity index (χ4n) is 0.604. The van der Waals surface area contributed by atoms with Crippen molar-refractivity contribution in [3.63, 3.8) is 0 Å². The van der Waals surface area contributed by atoms with Crippen LogP contribution in [0.3, 0.4) is 0 Å². The minimum atomic E-state index is -0.256. The highest BCUT2D eigenvalue weighted by Crippen LogP contribution is 1.95. The molecule has 0 aliphatic rings. The molecule has 0 saturated heterocycles. The van der Waals surface area contributed by atoms with Crippen LogP contribution in [0.15, 0.2) is 0 Å². The smallest absolute Gasteiger partial charge is 0.295 e. The van der Waals surface area contributed by atoms with Gasteiger partial charge < -0.3 is 11.1 Å². The van der Waals surface area contributed by atoms with Crippen LogP contribution in [-0.4, -0.2) is 18.5 Å². The van der Waals surface area contributed by atoms with Crippen molar-refractivity contribution in [3.8, 4) is 11.8 Å². The van der Waals surface area contributed by atoms with Gasteiger partial charge in [-0.25, -0.2) is 0 Å². The molecule has 0 aromatic heterocycles.